The lowest BCUT2D eigenvalue weighted by atomic mass is 10.0. The van der Waals surface area contributed by atoms with Crippen LogP contribution in [0.25, 0.3) is 16.6 Å². The summed E-state index contributed by atoms with van der Waals surface area (Å²) >= 11 is 6.19. The van der Waals surface area contributed by atoms with Gasteiger partial charge in [0.1, 0.15) is 5.69 Å². The third kappa shape index (κ3) is 3.02. The van der Waals surface area contributed by atoms with E-state index in [9.17, 15) is 9.59 Å². The van der Waals surface area contributed by atoms with Crippen molar-refractivity contribution in [1.29, 1.82) is 0 Å². The second kappa shape index (κ2) is 7.14. The molecule has 132 valence electrons. The molecule has 0 spiro atoms. The molecule has 0 aliphatic rings. The van der Waals surface area contributed by atoms with Crippen LogP contribution < -0.4 is 5.43 Å². The molecule has 1 amide bonds. The van der Waals surface area contributed by atoms with Gasteiger partial charge in [0.25, 0.3) is 5.91 Å². The third-order valence-electron chi connectivity index (χ3n) is 4.12. The van der Waals surface area contributed by atoms with Gasteiger partial charge in [-0.2, -0.15) is 0 Å². The molecule has 0 radical (unpaired) electrons. The highest BCUT2D eigenvalue weighted by Crippen LogP contribution is 2.25. The number of carbonyl (C=O) groups excluding carboxylic acids is 1. The van der Waals surface area contributed by atoms with Crippen LogP contribution in [0.3, 0.4) is 0 Å². The Morgan fingerprint density at radius 3 is 2.50 bits per heavy atom. The van der Waals surface area contributed by atoms with E-state index in [-0.39, 0.29) is 23.6 Å². The molecular weight excluding hydrogens is 350 g/mol. The Morgan fingerprint density at radius 2 is 1.88 bits per heavy atom. The quantitative estimate of drug-likeness (QED) is 0.662. The molecule has 6 heteroatoms. The summed E-state index contributed by atoms with van der Waals surface area (Å²) in [5, 5.41) is 0.964. The molecule has 0 aliphatic heterocycles. The zero-order valence-corrected chi connectivity index (χ0v) is 15.3. The molecule has 0 bridgehead atoms. The van der Waals surface area contributed by atoms with E-state index in [0.717, 1.165) is 5.69 Å². The minimum Gasteiger partial charge on any atom is -0.343 e. The van der Waals surface area contributed by atoms with Crippen LogP contribution in [0.5, 0.6) is 0 Å². The summed E-state index contributed by atoms with van der Waals surface area (Å²) in [5.41, 5.74) is 1.69. The number of rotatable bonds is 4. The Hall–Kier alpha value is -2.92. The molecule has 5 nitrogen and oxygen atoms in total. The summed E-state index contributed by atoms with van der Waals surface area (Å²) in [6.45, 7) is 3.55. The van der Waals surface area contributed by atoms with Crippen LogP contribution in [0.4, 0.5) is 0 Å². The molecule has 3 rings (SSSR count). The Morgan fingerprint density at radius 1 is 1.19 bits per heavy atom. The minimum atomic E-state index is -0.286. The van der Waals surface area contributed by atoms with Crippen LogP contribution in [-0.2, 0) is 6.54 Å². The Balaban J connectivity index is 2.58. The number of aliphatic imine (C=N–C) groups is 1. The van der Waals surface area contributed by atoms with Crippen molar-refractivity contribution in [1.82, 2.24) is 9.47 Å². The van der Waals surface area contributed by atoms with Crippen molar-refractivity contribution < 1.29 is 4.79 Å². The second-order valence-electron chi connectivity index (χ2n) is 6.07. The van der Waals surface area contributed by atoms with Crippen LogP contribution >= 0.6 is 11.6 Å². The lowest BCUT2D eigenvalue weighted by molar-refractivity contribution is 0.0818. The van der Waals surface area contributed by atoms with Gasteiger partial charge < -0.3 is 9.47 Å². The standard InChI is InChI=1S/C20H18ClN3O2/c1-22-12-16-18(20(26)23(2)3)24(14-7-5-4-6-8-14)17-11-13(21)9-10-15(17)19(16)25/h4-11H,1,12H2,2-3H3. The fourth-order valence-corrected chi connectivity index (χ4v) is 3.11. The Bertz CT molecular complexity index is 1060. The highest BCUT2D eigenvalue weighted by molar-refractivity contribution is 6.31. The summed E-state index contributed by atoms with van der Waals surface area (Å²) in [6, 6.07) is 14.4. The van der Waals surface area contributed by atoms with Crippen LogP contribution in [0.2, 0.25) is 5.02 Å². The van der Waals surface area contributed by atoms with E-state index in [1.165, 1.54) is 4.90 Å². The molecule has 0 N–H and O–H groups in total. The van der Waals surface area contributed by atoms with Gasteiger partial charge in [0.2, 0.25) is 0 Å². The van der Waals surface area contributed by atoms with Gasteiger partial charge in [-0.3, -0.25) is 14.6 Å². The molecule has 0 aliphatic carbocycles. The fraction of sp³-hybridized carbons (Fsp3) is 0.150. The first-order valence-corrected chi connectivity index (χ1v) is 8.40. The summed E-state index contributed by atoms with van der Waals surface area (Å²) in [5.74, 6) is -0.286. The normalized spacial score (nSPS) is 10.7. The molecule has 0 unspecified atom stereocenters. The number of hydrogen-bond donors (Lipinski definition) is 0. The van der Waals surface area contributed by atoms with Crippen LogP contribution in [0.15, 0.2) is 58.3 Å². The maximum absolute atomic E-state index is 13.0. The third-order valence-corrected chi connectivity index (χ3v) is 4.36. The number of halogens is 1. The van der Waals surface area contributed by atoms with Gasteiger partial charge in [-0.1, -0.05) is 29.8 Å². The van der Waals surface area contributed by atoms with Crippen molar-refractivity contribution in [3.8, 4) is 5.69 Å². The second-order valence-corrected chi connectivity index (χ2v) is 6.51. The predicted molar refractivity (Wildman–Crippen MR) is 106 cm³/mol. The van der Waals surface area contributed by atoms with Gasteiger partial charge in [-0.25, -0.2) is 0 Å². The topological polar surface area (TPSA) is 54.7 Å². The minimum absolute atomic E-state index is 0.0547. The number of pyridine rings is 1. The average Bonchev–Trinajstić information content (AvgIpc) is 2.63. The van der Waals surface area contributed by atoms with E-state index in [1.54, 1.807) is 36.9 Å². The van der Waals surface area contributed by atoms with E-state index in [0.29, 0.717) is 21.5 Å². The van der Waals surface area contributed by atoms with Gasteiger partial charge in [0.15, 0.2) is 5.43 Å². The number of fused-ring (bicyclic) bond motifs is 1. The average molecular weight is 368 g/mol. The van der Waals surface area contributed by atoms with Gasteiger partial charge in [-0.15, -0.1) is 0 Å². The highest BCUT2D eigenvalue weighted by atomic mass is 35.5. The van der Waals surface area contributed by atoms with Crippen molar-refractivity contribution >= 4 is 35.1 Å². The van der Waals surface area contributed by atoms with Gasteiger partial charge in [0, 0.05) is 30.2 Å². The van der Waals surface area contributed by atoms with Crippen LogP contribution in [0.1, 0.15) is 16.1 Å². The number of benzene rings is 2. The number of para-hydroxylation sites is 1. The largest absolute Gasteiger partial charge is 0.343 e. The molecule has 0 fully saturated rings. The molecule has 3 aromatic rings. The van der Waals surface area contributed by atoms with E-state index >= 15 is 0 Å². The summed E-state index contributed by atoms with van der Waals surface area (Å²) < 4.78 is 1.77. The molecule has 0 atom stereocenters. The fourth-order valence-electron chi connectivity index (χ4n) is 2.95. The van der Waals surface area contributed by atoms with Crippen LogP contribution in [-0.4, -0.2) is 36.2 Å². The van der Waals surface area contributed by atoms with E-state index in [1.807, 2.05) is 30.3 Å². The van der Waals surface area contributed by atoms with Gasteiger partial charge in [0.05, 0.1) is 17.6 Å². The summed E-state index contributed by atoms with van der Waals surface area (Å²) in [7, 11) is 3.30. The number of aromatic nitrogens is 1. The Kier molecular flexibility index (Phi) is 4.91. The van der Waals surface area contributed by atoms with Crippen LogP contribution in [0, 0.1) is 0 Å². The zero-order valence-electron chi connectivity index (χ0n) is 14.6. The number of hydrogen-bond acceptors (Lipinski definition) is 3. The maximum Gasteiger partial charge on any atom is 0.270 e. The first kappa shape index (κ1) is 17.9. The van der Waals surface area contributed by atoms with Gasteiger partial charge in [-0.05, 0) is 37.0 Å². The first-order valence-electron chi connectivity index (χ1n) is 8.02. The van der Waals surface area contributed by atoms with Gasteiger partial charge >= 0.3 is 0 Å². The van der Waals surface area contributed by atoms with Crippen molar-refractivity contribution in [2.75, 3.05) is 14.1 Å². The molecule has 1 heterocycles. The first-order chi connectivity index (χ1) is 12.5. The van der Waals surface area contributed by atoms with Crippen molar-refractivity contribution in [2.24, 2.45) is 4.99 Å². The van der Waals surface area contributed by atoms with E-state index in [2.05, 4.69) is 11.7 Å². The summed E-state index contributed by atoms with van der Waals surface area (Å²) in [4.78, 5) is 31.3. The maximum atomic E-state index is 13.0. The number of carbonyl (C=O) groups is 1. The Labute approximate surface area is 156 Å². The SMILES string of the molecule is C=NCc1c(C(=O)N(C)C)n(-c2ccccc2)c2cc(Cl)ccc2c1=O. The molecule has 26 heavy (non-hydrogen) atoms. The lowest BCUT2D eigenvalue weighted by Gasteiger charge is -2.22. The molecule has 1 aromatic heterocycles. The molecule has 0 saturated carbocycles. The summed E-state index contributed by atoms with van der Waals surface area (Å²) in [6.07, 6.45) is 0. The lowest BCUT2D eigenvalue weighted by Crippen LogP contribution is -2.30. The van der Waals surface area contributed by atoms with E-state index in [4.69, 9.17) is 11.6 Å². The molecule has 0 saturated heterocycles. The number of nitrogens with zero attached hydrogens (tertiary/aromatic N) is 3. The predicted octanol–water partition coefficient (Wildman–Crippen LogP) is 3.55. The molecular formula is C20H18ClN3O2. The highest BCUT2D eigenvalue weighted by Gasteiger charge is 2.24. The smallest absolute Gasteiger partial charge is 0.270 e. The van der Waals surface area contributed by atoms with Crippen molar-refractivity contribution in [3.63, 3.8) is 0 Å². The molecule has 2 aromatic carbocycles. The zero-order chi connectivity index (χ0) is 18.8. The van der Waals surface area contributed by atoms with Crippen molar-refractivity contribution in [2.45, 2.75) is 6.54 Å². The monoisotopic (exact) mass is 367 g/mol. The van der Waals surface area contributed by atoms with E-state index < -0.39 is 0 Å². The van der Waals surface area contributed by atoms with Crippen molar-refractivity contribution in [3.05, 3.63) is 75.0 Å². The number of amides is 1.